The maximum absolute atomic E-state index is 5.35. The van der Waals surface area contributed by atoms with Crippen LogP contribution >= 0.6 is 0 Å². The Balaban J connectivity index is 2.77. The smallest absolute Gasteiger partial charge is 0.326 e. The van der Waals surface area contributed by atoms with Crippen LogP contribution in [-0.2, 0) is 0 Å². The molecule has 0 aliphatic carbocycles. The highest BCUT2D eigenvalue weighted by molar-refractivity contribution is 5.09. The molecule has 1 rings (SSSR count). The summed E-state index contributed by atoms with van der Waals surface area (Å²) in [5.74, 6) is 0. The van der Waals surface area contributed by atoms with Gasteiger partial charge < -0.3 is 14.2 Å². The summed E-state index contributed by atoms with van der Waals surface area (Å²) in [4.78, 5) is 12.1. The average molecular weight is 265 g/mol. The van der Waals surface area contributed by atoms with Gasteiger partial charge in [-0.25, -0.2) is 0 Å². The third kappa shape index (κ3) is 5.85. The van der Waals surface area contributed by atoms with Crippen molar-refractivity contribution in [2.24, 2.45) is 0 Å². The fourth-order valence-corrected chi connectivity index (χ4v) is 1.08. The van der Waals surface area contributed by atoms with Crippen LogP contribution in [0.4, 0.5) is 0 Å². The molecular formula is C13H19N3O3. The molecule has 0 amide bonds. The monoisotopic (exact) mass is 265 g/mol. The van der Waals surface area contributed by atoms with Crippen molar-refractivity contribution in [3.8, 4) is 18.0 Å². The number of allylic oxidation sites excluding steroid dienone is 2. The molecule has 0 unspecified atom stereocenters. The summed E-state index contributed by atoms with van der Waals surface area (Å²) in [7, 11) is 0. The van der Waals surface area contributed by atoms with E-state index in [2.05, 4.69) is 15.0 Å². The molecule has 0 spiro atoms. The molecule has 0 aliphatic heterocycles. The van der Waals surface area contributed by atoms with Gasteiger partial charge in [0.05, 0.1) is 6.61 Å². The molecule has 0 aromatic carbocycles. The first-order chi connectivity index (χ1) is 9.30. The van der Waals surface area contributed by atoms with Gasteiger partial charge in [-0.3, -0.25) is 0 Å². The van der Waals surface area contributed by atoms with E-state index in [1.54, 1.807) is 0 Å². The minimum Gasteiger partial charge on any atom is -0.464 e. The molecule has 1 aromatic rings. The van der Waals surface area contributed by atoms with Crippen LogP contribution < -0.4 is 14.2 Å². The zero-order valence-electron chi connectivity index (χ0n) is 11.5. The summed E-state index contributed by atoms with van der Waals surface area (Å²) in [5, 5.41) is 0. The molecule has 0 radical (unpaired) electrons. The quantitative estimate of drug-likeness (QED) is 0.671. The first kappa shape index (κ1) is 14.9. The summed E-state index contributed by atoms with van der Waals surface area (Å²) < 4.78 is 15.9. The van der Waals surface area contributed by atoms with Crippen molar-refractivity contribution in [1.82, 2.24) is 15.0 Å². The normalized spacial score (nSPS) is 11.1. The summed E-state index contributed by atoms with van der Waals surface area (Å²) in [5.41, 5.74) is 0. The third-order valence-corrected chi connectivity index (χ3v) is 1.94. The molecule has 19 heavy (non-hydrogen) atoms. The zero-order chi connectivity index (χ0) is 13.9. The van der Waals surface area contributed by atoms with Crippen LogP contribution in [-0.4, -0.2) is 34.8 Å². The minimum absolute atomic E-state index is 0.187. The molecule has 104 valence electrons. The highest BCUT2D eigenvalue weighted by atomic mass is 16.5. The second-order valence-corrected chi connectivity index (χ2v) is 3.38. The lowest BCUT2D eigenvalue weighted by molar-refractivity contribution is 0.261. The topological polar surface area (TPSA) is 66.4 Å². The molecule has 0 fully saturated rings. The fraction of sp³-hybridized carbons (Fsp3) is 0.462. The number of nitrogens with zero attached hydrogens (tertiary/aromatic N) is 3. The maximum Gasteiger partial charge on any atom is 0.326 e. The second-order valence-electron chi connectivity index (χ2n) is 3.38. The van der Waals surface area contributed by atoms with E-state index < -0.39 is 0 Å². The predicted octanol–water partition coefficient (Wildman–Crippen LogP) is 2.18. The average Bonchev–Trinajstić information content (AvgIpc) is 2.40. The van der Waals surface area contributed by atoms with E-state index in [1.165, 1.54) is 0 Å². The van der Waals surface area contributed by atoms with Gasteiger partial charge >= 0.3 is 18.0 Å². The van der Waals surface area contributed by atoms with Crippen molar-refractivity contribution < 1.29 is 14.2 Å². The Bertz CT molecular complexity index is 399. The molecule has 0 saturated carbocycles. The predicted molar refractivity (Wildman–Crippen MR) is 71.6 cm³/mol. The SMILES string of the molecule is C/C=C/COc1nc(OCC)nc(OC/C=C/C)n1. The van der Waals surface area contributed by atoms with Gasteiger partial charge in [0.15, 0.2) is 0 Å². The summed E-state index contributed by atoms with van der Waals surface area (Å²) in [6.07, 6.45) is 7.47. The Hall–Kier alpha value is -2.11. The Morgan fingerprint density at radius 3 is 1.58 bits per heavy atom. The van der Waals surface area contributed by atoms with E-state index in [0.717, 1.165) is 0 Å². The molecule has 1 aromatic heterocycles. The van der Waals surface area contributed by atoms with Gasteiger partial charge in [-0.05, 0) is 20.8 Å². The number of ether oxygens (including phenoxy) is 3. The van der Waals surface area contributed by atoms with Crippen molar-refractivity contribution in [1.29, 1.82) is 0 Å². The van der Waals surface area contributed by atoms with E-state index in [1.807, 2.05) is 45.1 Å². The highest BCUT2D eigenvalue weighted by Gasteiger charge is 2.08. The van der Waals surface area contributed by atoms with Crippen LogP contribution in [0, 0.1) is 0 Å². The Morgan fingerprint density at radius 1 is 0.789 bits per heavy atom. The van der Waals surface area contributed by atoms with Crippen molar-refractivity contribution >= 4 is 0 Å². The van der Waals surface area contributed by atoms with E-state index in [-0.39, 0.29) is 18.0 Å². The van der Waals surface area contributed by atoms with Crippen molar-refractivity contribution in [2.75, 3.05) is 19.8 Å². The minimum atomic E-state index is 0.187. The van der Waals surface area contributed by atoms with Gasteiger partial charge in [0.25, 0.3) is 0 Å². The van der Waals surface area contributed by atoms with Gasteiger partial charge in [0.2, 0.25) is 0 Å². The van der Waals surface area contributed by atoms with E-state index in [0.29, 0.717) is 19.8 Å². The number of rotatable bonds is 8. The highest BCUT2D eigenvalue weighted by Crippen LogP contribution is 2.14. The third-order valence-electron chi connectivity index (χ3n) is 1.94. The summed E-state index contributed by atoms with van der Waals surface area (Å²) in [6.45, 7) is 6.92. The van der Waals surface area contributed by atoms with Crippen LogP contribution in [0.25, 0.3) is 0 Å². The summed E-state index contributed by atoms with van der Waals surface area (Å²) in [6, 6.07) is 0.572. The molecule has 0 N–H and O–H groups in total. The Morgan fingerprint density at radius 2 is 1.21 bits per heavy atom. The second kappa shape index (κ2) is 8.91. The van der Waals surface area contributed by atoms with Crippen LogP contribution in [0.2, 0.25) is 0 Å². The zero-order valence-corrected chi connectivity index (χ0v) is 11.5. The number of hydrogen-bond donors (Lipinski definition) is 0. The largest absolute Gasteiger partial charge is 0.464 e. The maximum atomic E-state index is 5.35. The van der Waals surface area contributed by atoms with Gasteiger partial charge in [-0.15, -0.1) is 15.0 Å². The Labute approximate surface area is 113 Å². The number of hydrogen-bond acceptors (Lipinski definition) is 6. The van der Waals surface area contributed by atoms with Crippen molar-refractivity contribution in [2.45, 2.75) is 20.8 Å². The lowest BCUT2D eigenvalue weighted by atomic mass is 10.6. The molecule has 6 heteroatoms. The van der Waals surface area contributed by atoms with E-state index in [9.17, 15) is 0 Å². The fourth-order valence-electron chi connectivity index (χ4n) is 1.08. The Kier molecular flexibility index (Phi) is 7.01. The molecule has 0 atom stereocenters. The first-order valence-electron chi connectivity index (χ1n) is 6.17. The van der Waals surface area contributed by atoms with Gasteiger partial charge in [0, 0.05) is 0 Å². The molecule has 6 nitrogen and oxygen atoms in total. The van der Waals surface area contributed by atoms with Gasteiger partial charge in [0.1, 0.15) is 13.2 Å². The molecule has 0 aliphatic rings. The standard InChI is InChI=1S/C13H19N3O3/c1-4-7-9-18-12-14-11(17-6-3)15-13(16-12)19-10-8-5-2/h4-5,7-8H,6,9-10H2,1-3H3/b7-4+,8-5+. The molecular weight excluding hydrogens is 246 g/mol. The summed E-state index contributed by atoms with van der Waals surface area (Å²) >= 11 is 0. The van der Waals surface area contributed by atoms with Gasteiger partial charge in [-0.2, -0.15) is 0 Å². The van der Waals surface area contributed by atoms with E-state index >= 15 is 0 Å². The van der Waals surface area contributed by atoms with Crippen LogP contribution in [0.15, 0.2) is 24.3 Å². The van der Waals surface area contributed by atoms with Gasteiger partial charge in [-0.1, -0.05) is 24.3 Å². The van der Waals surface area contributed by atoms with Crippen molar-refractivity contribution in [3.05, 3.63) is 24.3 Å². The van der Waals surface area contributed by atoms with Crippen molar-refractivity contribution in [3.63, 3.8) is 0 Å². The lowest BCUT2D eigenvalue weighted by Crippen LogP contribution is -2.07. The first-order valence-corrected chi connectivity index (χ1v) is 6.17. The molecule has 0 saturated heterocycles. The lowest BCUT2D eigenvalue weighted by Gasteiger charge is -2.07. The van der Waals surface area contributed by atoms with E-state index in [4.69, 9.17) is 14.2 Å². The molecule has 0 bridgehead atoms. The molecule has 1 heterocycles. The van der Waals surface area contributed by atoms with Crippen LogP contribution in [0.1, 0.15) is 20.8 Å². The van der Waals surface area contributed by atoms with Crippen LogP contribution in [0.5, 0.6) is 18.0 Å². The number of aromatic nitrogens is 3. The van der Waals surface area contributed by atoms with Crippen LogP contribution in [0.3, 0.4) is 0 Å².